The molecule has 118 valence electrons. The summed E-state index contributed by atoms with van der Waals surface area (Å²) in [4.78, 5) is 0. The molecule has 2 aromatic carbocycles. The predicted molar refractivity (Wildman–Crippen MR) is 96.6 cm³/mol. The normalized spacial score (nSPS) is 11.3. The highest BCUT2D eigenvalue weighted by Gasteiger charge is 2.10. The Bertz CT molecular complexity index is 832. The van der Waals surface area contributed by atoms with E-state index in [-0.39, 0.29) is 0 Å². The van der Waals surface area contributed by atoms with Gasteiger partial charge in [-0.05, 0) is 44.2 Å². The number of aryl methyl sites for hydroxylation is 1. The van der Waals surface area contributed by atoms with Crippen LogP contribution in [0.15, 0.2) is 53.6 Å². The predicted octanol–water partition coefficient (Wildman–Crippen LogP) is 4.42. The first-order chi connectivity index (χ1) is 11.2. The second-order valence-electron chi connectivity index (χ2n) is 5.36. The summed E-state index contributed by atoms with van der Waals surface area (Å²) in [6, 6.07) is 16.1. The number of hydrazone groups is 1. The zero-order chi connectivity index (χ0) is 16.2. The molecule has 1 N–H and O–H groups in total. The molecule has 1 heterocycles. The number of nitrogens with one attached hydrogen (secondary N) is 1. The largest absolute Gasteiger partial charge is 0.497 e. The van der Waals surface area contributed by atoms with E-state index >= 15 is 0 Å². The fourth-order valence-electron chi connectivity index (χ4n) is 2.87. The molecule has 0 radical (unpaired) electrons. The molecule has 3 rings (SSSR count). The first kappa shape index (κ1) is 15.2. The van der Waals surface area contributed by atoms with E-state index in [1.54, 1.807) is 7.11 Å². The Morgan fingerprint density at radius 2 is 1.87 bits per heavy atom. The smallest absolute Gasteiger partial charge is 0.119 e. The highest BCUT2D eigenvalue weighted by Crippen LogP contribution is 2.24. The molecule has 0 aliphatic heterocycles. The van der Waals surface area contributed by atoms with Crippen molar-refractivity contribution in [3.05, 3.63) is 59.8 Å². The number of benzene rings is 2. The van der Waals surface area contributed by atoms with Crippen molar-refractivity contribution in [1.29, 1.82) is 0 Å². The number of methoxy groups -OCH3 is 1. The lowest BCUT2D eigenvalue weighted by Gasteiger charge is -2.03. The number of para-hydroxylation sites is 1. The molecule has 0 bridgehead atoms. The Morgan fingerprint density at radius 1 is 1.13 bits per heavy atom. The monoisotopic (exact) mass is 307 g/mol. The second kappa shape index (κ2) is 6.57. The lowest BCUT2D eigenvalue weighted by molar-refractivity contribution is 0.415. The zero-order valence-electron chi connectivity index (χ0n) is 13.7. The van der Waals surface area contributed by atoms with E-state index in [1.807, 2.05) is 30.5 Å². The molecule has 0 amide bonds. The molecule has 0 spiro atoms. The van der Waals surface area contributed by atoms with Gasteiger partial charge in [0.25, 0.3) is 0 Å². The van der Waals surface area contributed by atoms with Crippen molar-refractivity contribution in [3.63, 3.8) is 0 Å². The summed E-state index contributed by atoms with van der Waals surface area (Å²) in [6.45, 7) is 5.25. The van der Waals surface area contributed by atoms with Gasteiger partial charge in [-0.2, -0.15) is 5.10 Å². The summed E-state index contributed by atoms with van der Waals surface area (Å²) >= 11 is 0. The molecule has 0 aliphatic rings. The lowest BCUT2D eigenvalue weighted by atomic mass is 10.1. The number of hydrogen-bond donors (Lipinski definition) is 1. The lowest BCUT2D eigenvalue weighted by Crippen LogP contribution is -1.97. The molecule has 4 heteroatoms. The van der Waals surface area contributed by atoms with E-state index in [0.29, 0.717) is 0 Å². The van der Waals surface area contributed by atoms with Gasteiger partial charge in [0.2, 0.25) is 0 Å². The van der Waals surface area contributed by atoms with Crippen molar-refractivity contribution >= 4 is 22.8 Å². The summed E-state index contributed by atoms with van der Waals surface area (Å²) in [7, 11) is 1.66. The number of rotatable bonds is 5. The first-order valence-electron chi connectivity index (χ1n) is 7.75. The highest BCUT2D eigenvalue weighted by atomic mass is 16.5. The van der Waals surface area contributed by atoms with E-state index in [1.165, 1.54) is 16.6 Å². The Kier molecular flexibility index (Phi) is 4.33. The maximum Gasteiger partial charge on any atom is 0.119 e. The van der Waals surface area contributed by atoms with Crippen molar-refractivity contribution in [1.82, 2.24) is 4.57 Å². The second-order valence-corrected chi connectivity index (χ2v) is 5.36. The molecule has 0 saturated heterocycles. The third kappa shape index (κ3) is 2.93. The van der Waals surface area contributed by atoms with Crippen LogP contribution >= 0.6 is 0 Å². The average molecular weight is 307 g/mol. The molecule has 0 fully saturated rings. The summed E-state index contributed by atoms with van der Waals surface area (Å²) in [5, 5.41) is 5.63. The van der Waals surface area contributed by atoms with Gasteiger partial charge in [-0.3, -0.25) is 5.43 Å². The van der Waals surface area contributed by atoms with E-state index in [4.69, 9.17) is 4.74 Å². The quantitative estimate of drug-likeness (QED) is 0.559. The van der Waals surface area contributed by atoms with E-state index in [9.17, 15) is 0 Å². The van der Waals surface area contributed by atoms with Crippen molar-refractivity contribution in [2.45, 2.75) is 20.4 Å². The van der Waals surface area contributed by atoms with Crippen LogP contribution in [-0.2, 0) is 6.54 Å². The number of ether oxygens (including phenoxy) is 1. The Hall–Kier alpha value is -2.75. The third-order valence-corrected chi connectivity index (χ3v) is 4.07. The molecule has 0 unspecified atom stereocenters. The number of hydrogen-bond acceptors (Lipinski definition) is 3. The molecule has 0 aliphatic carbocycles. The maximum atomic E-state index is 5.15. The minimum atomic E-state index is 0.835. The van der Waals surface area contributed by atoms with Crippen LogP contribution in [0.2, 0.25) is 0 Å². The van der Waals surface area contributed by atoms with Gasteiger partial charge in [-0.25, -0.2) is 0 Å². The van der Waals surface area contributed by atoms with Gasteiger partial charge in [-0.1, -0.05) is 18.2 Å². The fourth-order valence-corrected chi connectivity index (χ4v) is 2.87. The SMILES string of the molecule is CCn1c(C)c(/C=N/Nc2ccc(OC)cc2)c2ccccc21. The molecule has 4 nitrogen and oxygen atoms in total. The Labute approximate surface area is 136 Å². The highest BCUT2D eigenvalue weighted by molar-refractivity contribution is 6.01. The van der Waals surface area contributed by atoms with Crippen LogP contribution in [0.3, 0.4) is 0 Å². The molecule has 0 atom stereocenters. The maximum absolute atomic E-state index is 5.15. The molecular formula is C19H21N3O. The van der Waals surface area contributed by atoms with Crippen LogP contribution in [0.1, 0.15) is 18.2 Å². The van der Waals surface area contributed by atoms with Gasteiger partial charge in [0, 0.05) is 28.7 Å². The van der Waals surface area contributed by atoms with E-state index < -0.39 is 0 Å². The summed E-state index contributed by atoms with van der Waals surface area (Å²) < 4.78 is 7.46. The van der Waals surface area contributed by atoms with Crippen LogP contribution < -0.4 is 10.2 Å². The standard InChI is InChI=1S/C19H21N3O/c1-4-22-14(2)18(17-7-5-6-8-19(17)22)13-20-21-15-9-11-16(23-3)12-10-15/h5-13,21H,4H2,1-3H3/b20-13+. The average Bonchev–Trinajstić information content (AvgIpc) is 2.87. The number of nitrogens with zero attached hydrogens (tertiary/aromatic N) is 2. The van der Waals surface area contributed by atoms with Crippen molar-refractivity contribution < 1.29 is 4.74 Å². The van der Waals surface area contributed by atoms with Crippen LogP contribution in [0.5, 0.6) is 5.75 Å². The topological polar surface area (TPSA) is 38.5 Å². The van der Waals surface area contributed by atoms with Crippen LogP contribution in [0.4, 0.5) is 5.69 Å². The zero-order valence-corrected chi connectivity index (χ0v) is 13.7. The van der Waals surface area contributed by atoms with Crippen LogP contribution in [0, 0.1) is 6.92 Å². The molecule has 0 saturated carbocycles. The van der Waals surface area contributed by atoms with Gasteiger partial charge in [0.1, 0.15) is 5.75 Å². The number of fused-ring (bicyclic) bond motifs is 1. The number of anilines is 1. The molecular weight excluding hydrogens is 286 g/mol. The van der Waals surface area contributed by atoms with Crippen molar-refractivity contribution in [2.24, 2.45) is 5.10 Å². The summed E-state index contributed by atoms with van der Waals surface area (Å²) in [5.74, 6) is 0.835. The Morgan fingerprint density at radius 3 is 2.57 bits per heavy atom. The molecule has 1 aromatic heterocycles. The minimum absolute atomic E-state index is 0.835. The van der Waals surface area contributed by atoms with Gasteiger partial charge >= 0.3 is 0 Å². The van der Waals surface area contributed by atoms with Gasteiger partial charge < -0.3 is 9.30 Å². The summed E-state index contributed by atoms with van der Waals surface area (Å²) in [5.41, 5.74) is 7.63. The van der Waals surface area contributed by atoms with E-state index in [2.05, 4.69) is 53.2 Å². The number of aromatic nitrogens is 1. The first-order valence-corrected chi connectivity index (χ1v) is 7.75. The molecule has 3 aromatic rings. The minimum Gasteiger partial charge on any atom is -0.497 e. The van der Waals surface area contributed by atoms with Gasteiger partial charge in [0.05, 0.1) is 19.0 Å². The summed E-state index contributed by atoms with van der Waals surface area (Å²) in [6.07, 6.45) is 1.90. The third-order valence-electron chi connectivity index (χ3n) is 4.07. The van der Waals surface area contributed by atoms with Crippen molar-refractivity contribution in [2.75, 3.05) is 12.5 Å². The fraction of sp³-hybridized carbons (Fsp3) is 0.211. The van der Waals surface area contributed by atoms with Crippen molar-refractivity contribution in [3.8, 4) is 5.75 Å². The van der Waals surface area contributed by atoms with Gasteiger partial charge in [-0.15, -0.1) is 0 Å². The Balaban J connectivity index is 1.87. The molecule has 23 heavy (non-hydrogen) atoms. The van der Waals surface area contributed by atoms with Crippen LogP contribution in [-0.4, -0.2) is 17.9 Å². The van der Waals surface area contributed by atoms with Crippen LogP contribution in [0.25, 0.3) is 10.9 Å². The van der Waals surface area contributed by atoms with E-state index in [0.717, 1.165) is 23.5 Å². The van der Waals surface area contributed by atoms with Gasteiger partial charge in [0.15, 0.2) is 0 Å².